The van der Waals surface area contributed by atoms with Crippen LogP contribution >= 0.6 is 0 Å². The third kappa shape index (κ3) is 2.20. The van der Waals surface area contributed by atoms with Gasteiger partial charge in [0, 0.05) is 24.2 Å². The van der Waals surface area contributed by atoms with Crippen LogP contribution in [0.4, 0.5) is 11.5 Å². The molecule has 0 saturated heterocycles. The molecule has 0 spiro atoms. The van der Waals surface area contributed by atoms with Crippen LogP contribution in [0, 0.1) is 0 Å². The fourth-order valence-electron chi connectivity index (χ4n) is 1.50. The van der Waals surface area contributed by atoms with Crippen molar-refractivity contribution in [3.63, 3.8) is 0 Å². The second-order valence-corrected chi connectivity index (χ2v) is 3.50. The van der Waals surface area contributed by atoms with Gasteiger partial charge in [-0.2, -0.15) is 0 Å². The van der Waals surface area contributed by atoms with Crippen LogP contribution in [0.1, 0.15) is 6.42 Å². The summed E-state index contributed by atoms with van der Waals surface area (Å²) in [6.07, 6.45) is 2.20. The van der Waals surface area contributed by atoms with Crippen molar-refractivity contribution in [2.24, 2.45) is 0 Å². The topological polar surface area (TPSA) is 84.1 Å². The van der Waals surface area contributed by atoms with Crippen molar-refractivity contribution in [3.05, 3.63) is 24.5 Å². The van der Waals surface area contributed by atoms with E-state index in [1.54, 1.807) is 0 Å². The summed E-state index contributed by atoms with van der Waals surface area (Å²) >= 11 is 0. The van der Waals surface area contributed by atoms with E-state index >= 15 is 0 Å². The Morgan fingerprint density at radius 1 is 1.31 bits per heavy atom. The molecule has 1 aromatic heterocycles. The number of nitrogens with two attached hydrogens (primary N) is 1. The van der Waals surface area contributed by atoms with Gasteiger partial charge in [-0.1, -0.05) is 0 Å². The van der Waals surface area contributed by atoms with E-state index < -0.39 is 0 Å². The highest BCUT2D eigenvalue weighted by atomic mass is 16.3. The molecule has 0 aliphatic rings. The van der Waals surface area contributed by atoms with Crippen molar-refractivity contribution < 1.29 is 5.11 Å². The summed E-state index contributed by atoms with van der Waals surface area (Å²) < 4.78 is 0. The number of anilines is 2. The number of hydrogen-bond acceptors (Lipinski definition) is 5. The summed E-state index contributed by atoms with van der Waals surface area (Å²) in [5.74, 6) is 0.755. The number of hydrogen-bond donors (Lipinski definition) is 3. The van der Waals surface area contributed by atoms with E-state index in [2.05, 4.69) is 15.3 Å². The van der Waals surface area contributed by atoms with Gasteiger partial charge in [0.25, 0.3) is 0 Å². The molecule has 5 nitrogen and oxygen atoms in total. The van der Waals surface area contributed by atoms with Gasteiger partial charge < -0.3 is 16.2 Å². The number of aromatic nitrogens is 2. The molecule has 84 valence electrons. The van der Waals surface area contributed by atoms with Crippen molar-refractivity contribution in [1.29, 1.82) is 0 Å². The monoisotopic (exact) mass is 218 g/mol. The number of benzene rings is 1. The lowest BCUT2D eigenvalue weighted by molar-refractivity contribution is 0.292. The molecular weight excluding hydrogens is 204 g/mol. The molecule has 0 aliphatic heterocycles. The minimum absolute atomic E-state index is 0.165. The van der Waals surface area contributed by atoms with Gasteiger partial charge in [0.2, 0.25) is 0 Å². The Morgan fingerprint density at radius 3 is 3.00 bits per heavy atom. The van der Waals surface area contributed by atoms with Gasteiger partial charge in [-0.25, -0.2) is 9.97 Å². The summed E-state index contributed by atoms with van der Waals surface area (Å²) in [6.45, 7) is 0.843. The van der Waals surface area contributed by atoms with Gasteiger partial charge in [-0.3, -0.25) is 0 Å². The number of nitrogens with zero attached hydrogens (tertiary/aromatic N) is 2. The number of aliphatic hydroxyl groups is 1. The smallest absolute Gasteiger partial charge is 0.137 e. The molecule has 1 heterocycles. The highest BCUT2D eigenvalue weighted by Gasteiger charge is 2.02. The number of fused-ring (bicyclic) bond motifs is 1. The summed E-state index contributed by atoms with van der Waals surface area (Å²) in [7, 11) is 0. The molecule has 0 fully saturated rings. The van der Waals surface area contributed by atoms with Crippen molar-refractivity contribution in [1.82, 2.24) is 9.97 Å². The van der Waals surface area contributed by atoms with Gasteiger partial charge in [-0.05, 0) is 24.6 Å². The molecule has 16 heavy (non-hydrogen) atoms. The summed E-state index contributed by atoms with van der Waals surface area (Å²) in [5.41, 5.74) is 7.27. The number of rotatable bonds is 4. The first-order valence-electron chi connectivity index (χ1n) is 5.16. The van der Waals surface area contributed by atoms with E-state index in [4.69, 9.17) is 10.8 Å². The zero-order valence-corrected chi connectivity index (χ0v) is 8.85. The summed E-state index contributed by atoms with van der Waals surface area (Å²) in [4.78, 5) is 8.32. The molecule has 2 rings (SSSR count). The van der Waals surface area contributed by atoms with Gasteiger partial charge in [0.1, 0.15) is 12.1 Å². The first-order chi connectivity index (χ1) is 7.81. The molecule has 2 aromatic rings. The lowest BCUT2D eigenvalue weighted by Crippen LogP contribution is -2.06. The highest BCUT2D eigenvalue weighted by Crippen LogP contribution is 2.21. The molecule has 0 amide bonds. The average Bonchev–Trinajstić information content (AvgIpc) is 2.30. The molecule has 0 radical (unpaired) electrons. The maximum absolute atomic E-state index is 8.71. The lowest BCUT2D eigenvalue weighted by atomic mass is 10.2. The molecule has 0 bridgehead atoms. The first-order valence-corrected chi connectivity index (χ1v) is 5.16. The van der Waals surface area contributed by atoms with Crippen LogP contribution in [0.25, 0.3) is 10.9 Å². The van der Waals surface area contributed by atoms with Crippen molar-refractivity contribution >= 4 is 22.4 Å². The standard InChI is InChI=1S/C11H14N4O/c12-8-2-3-10-9(6-8)11(15-7-14-10)13-4-1-5-16/h2-3,6-7,16H,1,4-5,12H2,(H,13,14,15). The van der Waals surface area contributed by atoms with Crippen LogP contribution in [0.3, 0.4) is 0 Å². The second-order valence-electron chi connectivity index (χ2n) is 3.50. The van der Waals surface area contributed by atoms with Gasteiger partial charge in [0.05, 0.1) is 5.52 Å². The van der Waals surface area contributed by atoms with E-state index in [0.717, 1.165) is 16.7 Å². The molecule has 1 aromatic carbocycles. The van der Waals surface area contributed by atoms with Crippen LogP contribution in [0.15, 0.2) is 24.5 Å². The van der Waals surface area contributed by atoms with Crippen LogP contribution < -0.4 is 11.1 Å². The van der Waals surface area contributed by atoms with Gasteiger partial charge in [-0.15, -0.1) is 0 Å². The Kier molecular flexibility index (Phi) is 3.16. The summed E-state index contributed by atoms with van der Waals surface area (Å²) in [6, 6.07) is 5.52. The number of nitrogen functional groups attached to an aromatic ring is 1. The SMILES string of the molecule is Nc1ccc2ncnc(NCCCO)c2c1. The zero-order valence-electron chi connectivity index (χ0n) is 8.85. The maximum Gasteiger partial charge on any atom is 0.137 e. The van der Waals surface area contributed by atoms with Crippen LogP contribution in [0.5, 0.6) is 0 Å². The number of aliphatic hydroxyl groups excluding tert-OH is 1. The third-order valence-corrected chi connectivity index (χ3v) is 2.29. The molecular formula is C11H14N4O. The van der Waals surface area contributed by atoms with Gasteiger partial charge >= 0.3 is 0 Å². The Bertz CT molecular complexity index is 486. The fourth-order valence-corrected chi connectivity index (χ4v) is 1.50. The minimum Gasteiger partial charge on any atom is -0.399 e. The predicted octanol–water partition coefficient (Wildman–Crippen LogP) is 1.01. The molecule has 0 saturated carbocycles. The van der Waals surface area contributed by atoms with Crippen molar-refractivity contribution in [2.45, 2.75) is 6.42 Å². The lowest BCUT2D eigenvalue weighted by Gasteiger charge is -2.07. The Balaban J connectivity index is 2.32. The van der Waals surface area contributed by atoms with E-state index in [-0.39, 0.29) is 6.61 Å². The van der Waals surface area contributed by atoms with Crippen molar-refractivity contribution in [2.75, 3.05) is 24.2 Å². The highest BCUT2D eigenvalue weighted by molar-refractivity contribution is 5.91. The third-order valence-electron chi connectivity index (χ3n) is 2.29. The normalized spacial score (nSPS) is 10.6. The van der Waals surface area contributed by atoms with E-state index in [1.807, 2.05) is 18.2 Å². The molecule has 5 heteroatoms. The molecule has 4 N–H and O–H groups in total. The zero-order chi connectivity index (χ0) is 11.4. The van der Waals surface area contributed by atoms with E-state index in [0.29, 0.717) is 18.7 Å². The quantitative estimate of drug-likeness (QED) is 0.527. The first kappa shape index (κ1) is 10.6. The fraction of sp³-hybridized carbons (Fsp3) is 0.273. The van der Waals surface area contributed by atoms with E-state index in [9.17, 15) is 0 Å². The number of nitrogens with one attached hydrogen (secondary N) is 1. The molecule has 0 unspecified atom stereocenters. The van der Waals surface area contributed by atoms with Crippen molar-refractivity contribution in [3.8, 4) is 0 Å². The van der Waals surface area contributed by atoms with Crippen LogP contribution in [-0.2, 0) is 0 Å². The Labute approximate surface area is 93.3 Å². The molecule has 0 atom stereocenters. The van der Waals surface area contributed by atoms with E-state index in [1.165, 1.54) is 6.33 Å². The predicted molar refractivity (Wildman–Crippen MR) is 64.1 cm³/mol. The molecule has 0 aliphatic carbocycles. The Hall–Kier alpha value is -1.88. The average molecular weight is 218 g/mol. The Morgan fingerprint density at radius 2 is 2.19 bits per heavy atom. The minimum atomic E-state index is 0.165. The van der Waals surface area contributed by atoms with Crippen LogP contribution in [0.2, 0.25) is 0 Å². The second kappa shape index (κ2) is 4.76. The maximum atomic E-state index is 8.71. The van der Waals surface area contributed by atoms with Gasteiger partial charge in [0.15, 0.2) is 0 Å². The largest absolute Gasteiger partial charge is 0.399 e. The van der Waals surface area contributed by atoms with Crippen LogP contribution in [-0.4, -0.2) is 28.2 Å². The summed E-state index contributed by atoms with van der Waals surface area (Å²) in [5, 5.41) is 12.8.